The maximum Gasteiger partial charge on any atom is 0.339 e. The Balaban J connectivity index is 2.28. The number of hydrogen-bond acceptors (Lipinski definition) is 4. The molecule has 0 bridgehead atoms. The van der Waals surface area contributed by atoms with Gasteiger partial charge in [0.05, 0.1) is 13.2 Å². The molecule has 0 spiro atoms. The summed E-state index contributed by atoms with van der Waals surface area (Å²) in [7, 11) is 1.87. The number of carboxylic acids is 1. The van der Waals surface area contributed by atoms with Crippen LogP contribution in [0.3, 0.4) is 0 Å². The summed E-state index contributed by atoms with van der Waals surface area (Å²) in [5.41, 5.74) is 3.13. The van der Waals surface area contributed by atoms with E-state index in [-0.39, 0.29) is 0 Å². The molecule has 5 nitrogen and oxygen atoms in total. The molecule has 2 heterocycles. The normalized spacial score (nSPS) is 15.8. The third-order valence-corrected chi connectivity index (χ3v) is 3.48. The first-order valence-corrected chi connectivity index (χ1v) is 6.08. The summed E-state index contributed by atoms with van der Waals surface area (Å²) in [4.78, 5) is 11.4. The number of rotatable bonds is 3. The number of carboxylic acid groups (broad SMARTS) is 1. The van der Waals surface area contributed by atoms with Crippen molar-refractivity contribution in [1.29, 1.82) is 0 Å². The zero-order valence-electron chi connectivity index (χ0n) is 10.2. The van der Waals surface area contributed by atoms with Crippen molar-refractivity contribution in [3.05, 3.63) is 22.3 Å². The van der Waals surface area contributed by atoms with Crippen LogP contribution in [0.5, 0.6) is 11.5 Å². The van der Waals surface area contributed by atoms with Crippen molar-refractivity contribution in [1.82, 2.24) is 5.32 Å². The summed E-state index contributed by atoms with van der Waals surface area (Å²) in [5, 5.41) is 12.5. The highest BCUT2D eigenvalue weighted by molar-refractivity contribution is 5.95. The molecular formula is C13H15NO4. The lowest BCUT2D eigenvalue weighted by Crippen LogP contribution is -2.11. The maximum absolute atomic E-state index is 11.4. The number of hydrogen-bond donors (Lipinski definition) is 2. The van der Waals surface area contributed by atoms with E-state index in [0.717, 1.165) is 28.9 Å². The van der Waals surface area contributed by atoms with Crippen molar-refractivity contribution in [2.75, 3.05) is 20.3 Å². The number of carbonyl (C=O) groups is 1. The molecule has 2 aliphatic heterocycles. The van der Waals surface area contributed by atoms with Gasteiger partial charge >= 0.3 is 5.97 Å². The van der Waals surface area contributed by atoms with Gasteiger partial charge in [-0.15, -0.1) is 0 Å². The fraction of sp³-hybridized carbons (Fsp3) is 0.462. The molecule has 0 unspecified atom stereocenters. The minimum absolute atomic E-state index is 0.301. The molecule has 0 radical (unpaired) electrons. The molecule has 0 atom stereocenters. The van der Waals surface area contributed by atoms with E-state index in [9.17, 15) is 9.90 Å². The van der Waals surface area contributed by atoms with Gasteiger partial charge in [-0.1, -0.05) is 0 Å². The highest BCUT2D eigenvalue weighted by Gasteiger charge is 2.33. The van der Waals surface area contributed by atoms with Crippen molar-refractivity contribution in [2.24, 2.45) is 0 Å². The van der Waals surface area contributed by atoms with E-state index >= 15 is 0 Å². The molecule has 3 rings (SSSR count). The summed E-state index contributed by atoms with van der Waals surface area (Å²) in [5.74, 6) is 0.383. The van der Waals surface area contributed by atoms with Crippen LogP contribution in [0.1, 0.15) is 27.0 Å². The zero-order valence-corrected chi connectivity index (χ0v) is 10.2. The largest absolute Gasteiger partial charge is 0.493 e. The van der Waals surface area contributed by atoms with E-state index in [1.807, 2.05) is 7.05 Å². The lowest BCUT2D eigenvalue weighted by Gasteiger charge is -2.15. The standard InChI is InChI=1S/C13H15NO4/c1-14-6-9-7-2-4-18-12(7)10(13(15)16)8-3-5-17-11(8)9/h14H,2-6H2,1H3,(H,15,16). The zero-order chi connectivity index (χ0) is 12.7. The Morgan fingerprint density at radius 2 is 1.89 bits per heavy atom. The number of nitrogens with one attached hydrogen (secondary N) is 1. The Labute approximate surface area is 105 Å². The molecule has 2 aliphatic rings. The first-order valence-electron chi connectivity index (χ1n) is 6.08. The van der Waals surface area contributed by atoms with Gasteiger partial charge < -0.3 is 19.9 Å². The van der Waals surface area contributed by atoms with Crippen molar-refractivity contribution in [2.45, 2.75) is 19.4 Å². The fourth-order valence-corrected chi connectivity index (χ4v) is 2.79. The molecule has 18 heavy (non-hydrogen) atoms. The van der Waals surface area contributed by atoms with Crippen molar-refractivity contribution in [3.63, 3.8) is 0 Å². The molecule has 0 aliphatic carbocycles. The van der Waals surface area contributed by atoms with Gasteiger partial charge in [0.15, 0.2) is 0 Å². The minimum Gasteiger partial charge on any atom is -0.493 e. The topological polar surface area (TPSA) is 67.8 Å². The van der Waals surface area contributed by atoms with Crippen molar-refractivity contribution in [3.8, 4) is 11.5 Å². The SMILES string of the molecule is CNCc1c2c(c(C(=O)O)c3c1OCC3)OCC2. The van der Waals surface area contributed by atoms with Crippen LogP contribution < -0.4 is 14.8 Å². The molecular weight excluding hydrogens is 234 g/mol. The molecule has 0 saturated heterocycles. The van der Waals surface area contributed by atoms with Crippen LogP contribution in [-0.2, 0) is 19.4 Å². The lowest BCUT2D eigenvalue weighted by atomic mass is 9.94. The summed E-state index contributed by atoms with van der Waals surface area (Å²) in [6.45, 7) is 1.78. The second kappa shape index (κ2) is 4.17. The van der Waals surface area contributed by atoms with Gasteiger partial charge in [0, 0.05) is 36.1 Å². The van der Waals surface area contributed by atoms with E-state index in [4.69, 9.17) is 9.47 Å². The molecule has 0 saturated carbocycles. The second-order valence-corrected chi connectivity index (χ2v) is 4.50. The highest BCUT2D eigenvalue weighted by Crippen LogP contribution is 2.44. The van der Waals surface area contributed by atoms with Crippen molar-refractivity contribution >= 4 is 5.97 Å². The average Bonchev–Trinajstić information content (AvgIpc) is 2.96. The number of aromatic carboxylic acids is 1. The van der Waals surface area contributed by atoms with E-state index in [0.29, 0.717) is 37.5 Å². The molecule has 1 aromatic carbocycles. The minimum atomic E-state index is -0.925. The average molecular weight is 249 g/mol. The van der Waals surface area contributed by atoms with Crippen LogP contribution in [0.15, 0.2) is 0 Å². The van der Waals surface area contributed by atoms with Crippen LogP contribution in [-0.4, -0.2) is 31.3 Å². The molecule has 0 fully saturated rings. The van der Waals surface area contributed by atoms with Gasteiger partial charge in [0.25, 0.3) is 0 Å². The molecule has 5 heteroatoms. The Kier molecular flexibility index (Phi) is 2.63. The Morgan fingerprint density at radius 1 is 1.22 bits per heavy atom. The smallest absolute Gasteiger partial charge is 0.339 e. The first kappa shape index (κ1) is 11.3. The quantitative estimate of drug-likeness (QED) is 0.835. The summed E-state index contributed by atoms with van der Waals surface area (Å²) in [6, 6.07) is 0. The Morgan fingerprint density at radius 3 is 2.56 bits per heavy atom. The number of fused-ring (bicyclic) bond motifs is 2. The van der Waals surface area contributed by atoms with E-state index in [2.05, 4.69) is 5.32 Å². The molecule has 1 aromatic rings. The van der Waals surface area contributed by atoms with Gasteiger partial charge in [-0.25, -0.2) is 4.79 Å². The summed E-state index contributed by atoms with van der Waals surface area (Å²) >= 11 is 0. The number of benzene rings is 1. The van der Waals surface area contributed by atoms with Crippen molar-refractivity contribution < 1.29 is 19.4 Å². The van der Waals surface area contributed by atoms with Gasteiger partial charge in [0.2, 0.25) is 0 Å². The van der Waals surface area contributed by atoms with Crippen LogP contribution in [0.2, 0.25) is 0 Å². The van der Waals surface area contributed by atoms with Gasteiger partial charge in [-0.05, 0) is 7.05 Å². The third-order valence-electron chi connectivity index (χ3n) is 3.48. The van der Waals surface area contributed by atoms with Crippen LogP contribution >= 0.6 is 0 Å². The second-order valence-electron chi connectivity index (χ2n) is 4.50. The monoisotopic (exact) mass is 249 g/mol. The summed E-state index contributed by atoms with van der Waals surface area (Å²) in [6.07, 6.45) is 1.40. The number of ether oxygens (including phenoxy) is 2. The fourth-order valence-electron chi connectivity index (χ4n) is 2.79. The van der Waals surface area contributed by atoms with E-state index in [1.54, 1.807) is 0 Å². The maximum atomic E-state index is 11.4. The van der Waals surface area contributed by atoms with E-state index in [1.165, 1.54) is 0 Å². The third kappa shape index (κ3) is 1.47. The Hall–Kier alpha value is -1.75. The Bertz CT molecular complexity index is 489. The molecule has 96 valence electrons. The summed E-state index contributed by atoms with van der Waals surface area (Å²) < 4.78 is 11.2. The van der Waals surface area contributed by atoms with Crippen LogP contribution in [0, 0.1) is 0 Å². The van der Waals surface area contributed by atoms with E-state index < -0.39 is 5.97 Å². The predicted octanol–water partition coefficient (Wildman–Crippen LogP) is 0.974. The molecule has 0 aromatic heterocycles. The van der Waals surface area contributed by atoms with Gasteiger partial charge in [-0.3, -0.25) is 0 Å². The van der Waals surface area contributed by atoms with Gasteiger partial charge in [0.1, 0.15) is 17.1 Å². The van der Waals surface area contributed by atoms with Gasteiger partial charge in [-0.2, -0.15) is 0 Å². The predicted molar refractivity (Wildman–Crippen MR) is 64.6 cm³/mol. The lowest BCUT2D eigenvalue weighted by molar-refractivity contribution is 0.0692. The van der Waals surface area contributed by atoms with Crippen LogP contribution in [0.25, 0.3) is 0 Å². The molecule has 0 amide bonds. The van der Waals surface area contributed by atoms with Crippen LogP contribution in [0.4, 0.5) is 0 Å². The highest BCUT2D eigenvalue weighted by atomic mass is 16.5. The molecule has 2 N–H and O–H groups in total. The first-order chi connectivity index (χ1) is 8.74.